The van der Waals surface area contributed by atoms with Crippen LogP contribution in [0.25, 0.3) is 0 Å². The van der Waals surface area contributed by atoms with E-state index in [0.717, 1.165) is 5.69 Å². The van der Waals surface area contributed by atoms with Crippen molar-refractivity contribution >= 4 is 5.97 Å². The number of hydrogen-bond donors (Lipinski definition) is 1. The third-order valence-corrected chi connectivity index (χ3v) is 2.45. The quantitative estimate of drug-likeness (QED) is 0.777. The number of aryl methyl sites for hydroxylation is 2. The highest BCUT2D eigenvalue weighted by molar-refractivity contribution is 5.70. The molecule has 0 fully saturated rings. The number of aliphatic hydroxyl groups excluding tert-OH is 1. The molecule has 2 heterocycles. The summed E-state index contributed by atoms with van der Waals surface area (Å²) in [4.78, 5) is 18.8. The highest BCUT2D eigenvalue weighted by atomic mass is 16.6. The van der Waals surface area contributed by atoms with Crippen LogP contribution in [0.3, 0.4) is 0 Å². The van der Waals surface area contributed by atoms with Crippen LogP contribution in [0.4, 0.5) is 0 Å². The Kier molecular flexibility index (Phi) is 7.87. The van der Waals surface area contributed by atoms with Gasteiger partial charge in [-0.1, -0.05) is 0 Å². The summed E-state index contributed by atoms with van der Waals surface area (Å²) in [5, 5.41) is 8.48. The molecule has 2 aromatic heterocycles. The van der Waals surface area contributed by atoms with Crippen molar-refractivity contribution < 1.29 is 19.4 Å². The van der Waals surface area contributed by atoms with Gasteiger partial charge >= 0.3 is 5.97 Å². The lowest BCUT2D eigenvalue weighted by molar-refractivity contribution is -0.148. The summed E-state index contributed by atoms with van der Waals surface area (Å²) in [5.74, 6) is -0.344. The number of ether oxygens (including phenoxy) is 2. The topological polar surface area (TPSA) is 91.4 Å². The molecule has 0 aliphatic carbocycles. The molecular formula is C14H22N4O4. The average molecular weight is 310 g/mol. The summed E-state index contributed by atoms with van der Waals surface area (Å²) in [6.07, 6.45) is 6.96. The number of rotatable bonds is 6. The van der Waals surface area contributed by atoms with E-state index in [9.17, 15) is 4.79 Å². The average Bonchev–Trinajstić information content (AvgIpc) is 3.08. The van der Waals surface area contributed by atoms with Crippen LogP contribution in [-0.2, 0) is 41.6 Å². The fourth-order valence-corrected chi connectivity index (χ4v) is 1.53. The summed E-state index contributed by atoms with van der Waals surface area (Å²) in [5.41, 5.74) is 1.52. The maximum atomic E-state index is 10.9. The molecule has 0 amide bonds. The Hall–Kier alpha value is -2.19. The Balaban J connectivity index is 0.000000255. The van der Waals surface area contributed by atoms with E-state index in [4.69, 9.17) is 14.6 Å². The normalized spacial score (nSPS) is 10.0. The van der Waals surface area contributed by atoms with Crippen LogP contribution in [0.1, 0.15) is 18.3 Å². The first-order valence-electron chi connectivity index (χ1n) is 6.83. The van der Waals surface area contributed by atoms with Gasteiger partial charge in [0.25, 0.3) is 0 Å². The summed E-state index contributed by atoms with van der Waals surface area (Å²) in [6, 6.07) is 0. The van der Waals surface area contributed by atoms with Gasteiger partial charge in [-0.05, 0) is 6.92 Å². The number of carbonyl (C=O) groups excluding carboxylic acids is 1. The zero-order valence-electron chi connectivity index (χ0n) is 13.1. The molecule has 0 radical (unpaired) electrons. The van der Waals surface area contributed by atoms with Crippen molar-refractivity contribution in [3.05, 3.63) is 36.4 Å². The van der Waals surface area contributed by atoms with Crippen molar-refractivity contribution in [2.75, 3.05) is 13.2 Å². The fourth-order valence-electron chi connectivity index (χ4n) is 1.53. The second-order valence-electron chi connectivity index (χ2n) is 4.52. The lowest BCUT2D eigenvalue weighted by Gasteiger charge is -2.01. The van der Waals surface area contributed by atoms with Gasteiger partial charge < -0.3 is 23.7 Å². The number of carbonyl (C=O) groups is 1. The molecule has 8 heteroatoms. The largest absolute Gasteiger partial charge is 0.464 e. The highest BCUT2D eigenvalue weighted by Crippen LogP contribution is 1.96. The van der Waals surface area contributed by atoms with E-state index in [1.165, 1.54) is 0 Å². The van der Waals surface area contributed by atoms with E-state index in [1.54, 1.807) is 30.3 Å². The van der Waals surface area contributed by atoms with E-state index in [-0.39, 0.29) is 19.2 Å². The van der Waals surface area contributed by atoms with Gasteiger partial charge in [0.1, 0.15) is 6.61 Å². The maximum Gasteiger partial charge on any atom is 0.332 e. The van der Waals surface area contributed by atoms with Crippen LogP contribution >= 0.6 is 0 Å². The molecule has 0 aliphatic heterocycles. The van der Waals surface area contributed by atoms with E-state index in [1.807, 2.05) is 24.9 Å². The predicted molar refractivity (Wildman–Crippen MR) is 78.6 cm³/mol. The minimum Gasteiger partial charge on any atom is -0.464 e. The number of nitrogens with zero attached hydrogens (tertiary/aromatic N) is 4. The first-order valence-corrected chi connectivity index (χ1v) is 6.83. The predicted octanol–water partition coefficient (Wildman–Crippen LogP) is 0.412. The van der Waals surface area contributed by atoms with Gasteiger partial charge in [0.15, 0.2) is 0 Å². The summed E-state index contributed by atoms with van der Waals surface area (Å²) < 4.78 is 13.4. The molecule has 0 saturated carbocycles. The van der Waals surface area contributed by atoms with Gasteiger partial charge in [0.2, 0.25) is 0 Å². The Morgan fingerprint density at radius 2 is 1.77 bits per heavy atom. The maximum absolute atomic E-state index is 10.9. The minimum atomic E-state index is -0.344. The number of aliphatic hydroxyl groups is 1. The van der Waals surface area contributed by atoms with Gasteiger partial charge in [-0.3, -0.25) is 0 Å². The zero-order valence-corrected chi connectivity index (χ0v) is 13.1. The number of hydrogen-bond acceptors (Lipinski definition) is 6. The fraction of sp³-hybridized carbons (Fsp3) is 0.500. The number of aromatic nitrogens is 4. The molecule has 2 rings (SSSR count). The lowest BCUT2D eigenvalue weighted by Crippen LogP contribution is -2.12. The van der Waals surface area contributed by atoms with Crippen molar-refractivity contribution in [2.45, 2.75) is 20.1 Å². The Labute approximate surface area is 129 Å². The highest BCUT2D eigenvalue weighted by Gasteiger charge is 2.02. The van der Waals surface area contributed by atoms with Crippen molar-refractivity contribution in [1.29, 1.82) is 0 Å². The number of esters is 1. The van der Waals surface area contributed by atoms with Crippen LogP contribution in [0, 0.1) is 0 Å². The molecule has 1 N–H and O–H groups in total. The SMILES string of the molecule is CCOC(=O)COCc1cn(C)cn1.Cn1cnc(CO)c1. The molecule has 0 saturated heterocycles. The van der Waals surface area contributed by atoms with Crippen molar-refractivity contribution in [2.24, 2.45) is 14.1 Å². The molecule has 0 aromatic carbocycles. The Morgan fingerprint density at radius 1 is 1.18 bits per heavy atom. The number of imidazole rings is 2. The van der Waals surface area contributed by atoms with E-state index >= 15 is 0 Å². The smallest absolute Gasteiger partial charge is 0.332 e. The molecule has 0 spiro atoms. The van der Waals surface area contributed by atoms with Crippen molar-refractivity contribution in [1.82, 2.24) is 19.1 Å². The van der Waals surface area contributed by atoms with Crippen LogP contribution < -0.4 is 0 Å². The van der Waals surface area contributed by atoms with Crippen LogP contribution in [0.2, 0.25) is 0 Å². The summed E-state index contributed by atoms with van der Waals surface area (Å²) in [6.45, 7) is 2.48. The molecule has 0 atom stereocenters. The van der Waals surface area contributed by atoms with Gasteiger partial charge in [0.05, 0.1) is 43.9 Å². The summed E-state index contributed by atoms with van der Waals surface area (Å²) in [7, 11) is 3.74. The molecule has 8 nitrogen and oxygen atoms in total. The van der Waals surface area contributed by atoms with Gasteiger partial charge in [-0.25, -0.2) is 14.8 Å². The van der Waals surface area contributed by atoms with Gasteiger partial charge in [-0.2, -0.15) is 0 Å². The molecule has 2 aromatic rings. The van der Waals surface area contributed by atoms with Crippen molar-refractivity contribution in [3.8, 4) is 0 Å². The lowest BCUT2D eigenvalue weighted by atomic mass is 10.5. The molecule has 0 unspecified atom stereocenters. The monoisotopic (exact) mass is 310 g/mol. The van der Waals surface area contributed by atoms with Crippen LogP contribution in [0.5, 0.6) is 0 Å². The molecule has 0 bridgehead atoms. The standard InChI is InChI=1S/C9H14N2O3.C5H8N2O/c1-3-14-9(12)6-13-5-8-4-11(2)7-10-8;1-7-2-5(3-8)6-4-7/h4,7H,3,5-6H2,1-2H3;2,4,8H,3H2,1H3. The first-order chi connectivity index (χ1) is 10.5. The third kappa shape index (κ3) is 7.00. The molecule has 122 valence electrons. The Morgan fingerprint density at radius 3 is 2.18 bits per heavy atom. The first kappa shape index (κ1) is 17.9. The van der Waals surface area contributed by atoms with Crippen LogP contribution in [-0.4, -0.2) is 43.4 Å². The summed E-state index contributed by atoms with van der Waals surface area (Å²) >= 11 is 0. The van der Waals surface area contributed by atoms with E-state index < -0.39 is 0 Å². The second kappa shape index (κ2) is 9.69. The third-order valence-electron chi connectivity index (χ3n) is 2.45. The van der Waals surface area contributed by atoms with Crippen LogP contribution in [0.15, 0.2) is 25.0 Å². The van der Waals surface area contributed by atoms with E-state index in [0.29, 0.717) is 18.9 Å². The molecule has 0 aliphatic rings. The zero-order chi connectivity index (χ0) is 16.4. The Bertz CT molecular complexity index is 565. The van der Waals surface area contributed by atoms with Gasteiger partial charge in [0, 0.05) is 26.5 Å². The van der Waals surface area contributed by atoms with E-state index in [2.05, 4.69) is 9.97 Å². The molecule has 22 heavy (non-hydrogen) atoms. The minimum absolute atomic E-state index is 0.0234. The second-order valence-corrected chi connectivity index (χ2v) is 4.52. The van der Waals surface area contributed by atoms with Crippen molar-refractivity contribution in [3.63, 3.8) is 0 Å². The van der Waals surface area contributed by atoms with Gasteiger partial charge in [-0.15, -0.1) is 0 Å². The molecular weight excluding hydrogens is 288 g/mol.